The summed E-state index contributed by atoms with van der Waals surface area (Å²) in [5.74, 6) is -0.446. The second kappa shape index (κ2) is 10.7. The number of rotatable bonds is 9. The maximum Gasteiger partial charge on any atom is 0.224 e. The number of nitrogens with one attached hydrogen (secondary N) is 3. The number of benzene rings is 1. The number of hydrogen-bond donors (Lipinski definition) is 4. The summed E-state index contributed by atoms with van der Waals surface area (Å²) in [4.78, 5) is 12.7. The number of hydrogen-bond acceptors (Lipinski definition) is 6. The molecule has 9 heteroatoms. The summed E-state index contributed by atoms with van der Waals surface area (Å²) in [7, 11) is 0. The standard InChI is InChI=1S/C20H26F2N6O/c21-15-8-4-9-16(22)18(15)26-13-25-17-12-24-20(27-14-6-2-1-3-7-14)28-19(17)23-10-5-11-29/h4,8-9,12-14,29H,1-3,5-7,10-11H2,(H,25,26)(H2,23,24,27,28). The zero-order valence-electron chi connectivity index (χ0n) is 16.2. The second-order valence-electron chi connectivity index (χ2n) is 6.91. The van der Waals surface area contributed by atoms with E-state index in [-0.39, 0.29) is 12.3 Å². The molecule has 0 bridgehead atoms. The molecular formula is C20H26F2N6O. The van der Waals surface area contributed by atoms with Gasteiger partial charge in [-0.3, -0.25) is 0 Å². The van der Waals surface area contributed by atoms with Gasteiger partial charge < -0.3 is 21.1 Å². The van der Waals surface area contributed by atoms with Crippen molar-refractivity contribution < 1.29 is 13.9 Å². The molecule has 0 radical (unpaired) electrons. The molecule has 29 heavy (non-hydrogen) atoms. The van der Waals surface area contributed by atoms with Crippen molar-refractivity contribution in [3.05, 3.63) is 36.0 Å². The molecule has 1 aromatic heterocycles. The average molecular weight is 404 g/mol. The van der Waals surface area contributed by atoms with Gasteiger partial charge in [0, 0.05) is 19.2 Å². The van der Waals surface area contributed by atoms with Crippen LogP contribution >= 0.6 is 0 Å². The lowest BCUT2D eigenvalue weighted by Crippen LogP contribution is -2.24. The van der Waals surface area contributed by atoms with Crippen LogP contribution in [0.15, 0.2) is 29.4 Å². The Morgan fingerprint density at radius 1 is 1.17 bits per heavy atom. The fourth-order valence-electron chi connectivity index (χ4n) is 3.19. The summed E-state index contributed by atoms with van der Waals surface area (Å²) in [6.07, 6.45) is 9.19. The summed E-state index contributed by atoms with van der Waals surface area (Å²) in [5, 5.41) is 18.4. The van der Waals surface area contributed by atoms with Gasteiger partial charge in [-0.15, -0.1) is 0 Å². The zero-order chi connectivity index (χ0) is 20.5. The third-order valence-electron chi connectivity index (χ3n) is 4.71. The number of aliphatic hydroxyl groups excluding tert-OH is 1. The first-order valence-electron chi connectivity index (χ1n) is 9.89. The lowest BCUT2D eigenvalue weighted by atomic mass is 9.96. The van der Waals surface area contributed by atoms with Crippen molar-refractivity contribution in [2.24, 2.45) is 4.99 Å². The van der Waals surface area contributed by atoms with E-state index in [1.807, 2.05) is 0 Å². The highest BCUT2D eigenvalue weighted by atomic mass is 19.1. The van der Waals surface area contributed by atoms with Gasteiger partial charge in [-0.05, 0) is 31.4 Å². The van der Waals surface area contributed by atoms with Gasteiger partial charge in [-0.25, -0.2) is 18.8 Å². The van der Waals surface area contributed by atoms with Crippen molar-refractivity contribution in [2.75, 3.05) is 29.1 Å². The van der Waals surface area contributed by atoms with Gasteiger partial charge in [0.1, 0.15) is 11.4 Å². The summed E-state index contributed by atoms with van der Waals surface area (Å²) < 4.78 is 27.4. The molecule has 156 valence electrons. The van der Waals surface area contributed by atoms with Crippen molar-refractivity contribution in [1.82, 2.24) is 9.97 Å². The molecule has 1 aliphatic rings. The Labute approximate surface area is 168 Å². The molecule has 4 N–H and O–H groups in total. The van der Waals surface area contributed by atoms with Crippen LogP contribution < -0.4 is 16.0 Å². The number of aliphatic hydroxyl groups is 1. The van der Waals surface area contributed by atoms with Gasteiger partial charge in [0.2, 0.25) is 5.95 Å². The molecule has 0 saturated heterocycles. The summed E-state index contributed by atoms with van der Waals surface area (Å²) in [6.45, 7) is 0.576. The van der Waals surface area contributed by atoms with Gasteiger partial charge in [0.25, 0.3) is 0 Å². The number of aliphatic imine (C=N–C) groups is 1. The van der Waals surface area contributed by atoms with E-state index in [0.717, 1.165) is 25.0 Å². The Kier molecular flexibility index (Phi) is 7.69. The van der Waals surface area contributed by atoms with Crippen molar-refractivity contribution in [3.63, 3.8) is 0 Å². The molecule has 7 nitrogen and oxygen atoms in total. The predicted molar refractivity (Wildman–Crippen MR) is 111 cm³/mol. The van der Waals surface area contributed by atoms with Crippen LogP contribution in [-0.4, -0.2) is 40.6 Å². The number of anilines is 3. The lowest BCUT2D eigenvalue weighted by molar-refractivity contribution is 0.292. The first-order chi connectivity index (χ1) is 14.2. The van der Waals surface area contributed by atoms with Crippen LogP contribution in [-0.2, 0) is 0 Å². The van der Waals surface area contributed by atoms with Crippen molar-refractivity contribution in [1.29, 1.82) is 0 Å². The number of aromatic nitrogens is 2. The zero-order valence-corrected chi connectivity index (χ0v) is 16.2. The maximum atomic E-state index is 13.7. The number of nitrogens with zero attached hydrogens (tertiary/aromatic N) is 3. The first-order valence-corrected chi connectivity index (χ1v) is 9.89. The minimum absolute atomic E-state index is 0.0576. The first kappa shape index (κ1) is 20.9. The van der Waals surface area contributed by atoms with Crippen LogP contribution in [0.5, 0.6) is 0 Å². The van der Waals surface area contributed by atoms with Crippen LogP contribution in [0, 0.1) is 11.6 Å². The van der Waals surface area contributed by atoms with E-state index in [1.165, 1.54) is 31.7 Å². The molecule has 0 unspecified atom stereocenters. The van der Waals surface area contributed by atoms with Gasteiger partial charge in [-0.1, -0.05) is 25.3 Å². The molecule has 2 aromatic rings. The van der Waals surface area contributed by atoms with Gasteiger partial charge >= 0.3 is 0 Å². The van der Waals surface area contributed by atoms with E-state index in [9.17, 15) is 8.78 Å². The van der Waals surface area contributed by atoms with E-state index in [4.69, 9.17) is 5.11 Å². The molecule has 3 rings (SSSR count). The Morgan fingerprint density at radius 3 is 2.66 bits per heavy atom. The van der Waals surface area contributed by atoms with Crippen LogP contribution in [0.1, 0.15) is 38.5 Å². The van der Waals surface area contributed by atoms with E-state index < -0.39 is 11.6 Å². The fraction of sp³-hybridized carbons (Fsp3) is 0.450. The minimum Gasteiger partial charge on any atom is -0.396 e. The van der Waals surface area contributed by atoms with E-state index in [1.54, 1.807) is 6.20 Å². The minimum atomic E-state index is -0.743. The van der Waals surface area contributed by atoms with Crippen molar-refractivity contribution in [2.45, 2.75) is 44.6 Å². The largest absolute Gasteiger partial charge is 0.396 e. The normalized spacial score (nSPS) is 14.9. The molecule has 1 heterocycles. The quantitative estimate of drug-likeness (QED) is 0.286. The fourth-order valence-corrected chi connectivity index (χ4v) is 3.19. The highest BCUT2D eigenvalue weighted by molar-refractivity contribution is 5.83. The Balaban J connectivity index is 1.72. The van der Waals surface area contributed by atoms with Crippen molar-refractivity contribution in [3.8, 4) is 0 Å². The monoisotopic (exact) mass is 404 g/mol. The highest BCUT2D eigenvalue weighted by Gasteiger charge is 2.15. The molecule has 1 aliphatic carbocycles. The van der Waals surface area contributed by atoms with Crippen LogP contribution in [0.3, 0.4) is 0 Å². The van der Waals surface area contributed by atoms with Crippen LogP contribution in [0.4, 0.5) is 31.9 Å². The van der Waals surface area contributed by atoms with Gasteiger partial charge in [0.15, 0.2) is 17.5 Å². The SMILES string of the molecule is OCCCNc1nc(NC2CCCCC2)ncc1NC=Nc1c(F)cccc1F. The summed E-state index contributed by atoms with van der Waals surface area (Å²) in [5.41, 5.74) is 0.143. The average Bonchev–Trinajstić information content (AvgIpc) is 2.72. The second-order valence-corrected chi connectivity index (χ2v) is 6.91. The molecule has 0 atom stereocenters. The van der Waals surface area contributed by atoms with E-state index >= 15 is 0 Å². The third kappa shape index (κ3) is 6.08. The lowest BCUT2D eigenvalue weighted by Gasteiger charge is -2.23. The Bertz CT molecular complexity index is 806. The van der Waals surface area contributed by atoms with Gasteiger partial charge in [0.05, 0.1) is 12.5 Å². The molecule has 0 amide bonds. The molecule has 1 fully saturated rings. The molecular weight excluding hydrogens is 378 g/mol. The van der Waals surface area contributed by atoms with Crippen LogP contribution in [0.25, 0.3) is 0 Å². The predicted octanol–water partition coefficient (Wildman–Crippen LogP) is 4.07. The molecule has 1 aromatic carbocycles. The Morgan fingerprint density at radius 2 is 1.93 bits per heavy atom. The molecule has 1 saturated carbocycles. The highest BCUT2D eigenvalue weighted by Crippen LogP contribution is 2.24. The summed E-state index contributed by atoms with van der Waals surface area (Å²) >= 11 is 0. The van der Waals surface area contributed by atoms with E-state index in [0.29, 0.717) is 36.5 Å². The Hall–Kier alpha value is -2.81. The van der Waals surface area contributed by atoms with Gasteiger partial charge in [-0.2, -0.15) is 4.98 Å². The smallest absolute Gasteiger partial charge is 0.224 e. The maximum absolute atomic E-state index is 13.7. The third-order valence-corrected chi connectivity index (χ3v) is 4.71. The van der Waals surface area contributed by atoms with Crippen molar-refractivity contribution >= 4 is 29.5 Å². The topological polar surface area (TPSA) is 94.5 Å². The summed E-state index contributed by atoms with van der Waals surface area (Å²) in [6, 6.07) is 3.93. The number of halogens is 2. The number of para-hydroxylation sites is 1. The molecule has 0 aliphatic heterocycles. The molecule has 0 spiro atoms. The van der Waals surface area contributed by atoms with Crippen LogP contribution in [0.2, 0.25) is 0 Å². The van der Waals surface area contributed by atoms with E-state index in [2.05, 4.69) is 30.9 Å².